The van der Waals surface area contributed by atoms with Gasteiger partial charge in [0.1, 0.15) is 0 Å². The third kappa shape index (κ3) is 3.58. The van der Waals surface area contributed by atoms with Crippen molar-refractivity contribution in [2.45, 2.75) is 32.4 Å². The lowest BCUT2D eigenvalue weighted by Gasteiger charge is -2.31. The van der Waals surface area contributed by atoms with E-state index in [1.165, 1.54) is 16.7 Å². The molecule has 20 heavy (non-hydrogen) atoms. The van der Waals surface area contributed by atoms with Gasteiger partial charge in [0, 0.05) is 12.1 Å². The minimum atomic E-state index is -0.0781. The molecule has 104 valence electrons. The number of aryl methyl sites for hydroxylation is 1. The van der Waals surface area contributed by atoms with E-state index in [0.717, 1.165) is 13.0 Å². The van der Waals surface area contributed by atoms with Crippen LogP contribution in [0.2, 0.25) is 0 Å². The van der Waals surface area contributed by atoms with E-state index in [9.17, 15) is 0 Å². The lowest BCUT2D eigenvalue weighted by molar-refractivity contribution is 0.367. The van der Waals surface area contributed by atoms with Crippen LogP contribution in [0.15, 0.2) is 67.3 Å². The van der Waals surface area contributed by atoms with Crippen LogP contribution in [0.25, 0.3) is 0 Å². The maximum atomic E-state index is 3.90. The number of nitrogens with one attached hydrogen (secondary N) is 1. The zero-order chi connectivity index (χ0) is 14.4. The van der Waals surface area contributed by atoms with Crippen LogP contribution in [0.5, 0.6) is 0 Å². The first-order chi connectivity index (χ1) is 9.64. The van der Waals surface area contributed by atoms with Crippen LogP contribution in [-0.4, -0.2) is 0 Å². The van der Waals surface area contributed by atoms with E-state index in [0.29, 0.717) is 0 Å². The third-order valence-corrected chi connectivity index (χ3v) is 3.77. The summed E-state index contributed by atoms with van der Waals surface area (Å²) in [6, 6.07) is 19.2. The van der Waals surface area contributed by atoms with Crippen LogP contribution in [0, 0.1) is 6.92 Å². The van der Waals surface area contributed by atoms with Crippen molar-refractivity contribution in [3.05, 3.63) is 83.9 Å². The molecule has 0 spiro atoms. The quantitative estimate of drug-likeness (QED) is 0.754. The van der Waals surface area contributed by atoms with Gasteiger partial charge in [-0.2, -0.15) is 0 Å². The Morgan fingerprint density at radius 1 is 1.05 bits per heavy atom. The van der Waals surface area contributed by atoms with Gasteiger partial charge in [-0.05, 0) is 31.4 Å². The minimum absolute atomic E-state index is 0.0781. The molecule has 0 fully saturated rings. The molecule has 1 N–H and O–H groups in total. The summed E-state index contributed by atoms with van der Waals surface area (Å²) in [5.41, 5.74) is 3.82. The number of hydrogen-bond acceptors (Lipinski definition) is 1. The first-order valence-corrected chi connectivity index (χ1v) is 7.11. The standard InChI is InChI=1S/C19H23N/c1-4-14-19(3,18-12-10-16(2)11-13-18)20-15-17-8-6-5-7-9-17/h4-13,20H,1,14-15H2,2-3H3/t19-/m0/s1. The first kappa shape index (κ1) is 14.5. The summed E-state index contributed by atoms with van der Waals surface area (Å²) < 4.78 is 0. The largest absolute Gasteiger partial charge is 0.303 e. The normalized spacial score (nSPS) is 13.7. The molecule has 0 bridgehead atoms. The highest BCUT2D eigenvalue weighted by Gasteiger charge is 2.24. The molecule has 0 aliphatic heterocycles. The van der Waals surface area contributed by atoms with Gasteiger partial charge in [0.25, 0.3) is 0 Å². The lowest BCUT2D eigenvalue weighted by Crippen LogP contribution is -2.38. The second-order valence-corrected chi connectivity index (χ2v) is 5.53. The number of rotatable bonds is 6. The topological polar surface area (TPSA) is 12.0 Å². The van der Waals surface area contributed by atoms with Gasteiger partial charge in [-0.15, -0.1) is 6.58 Å². The van der Waals surface area contributed by atoms with Crippen LogP contribution in [0.3, 0.4) is 0 Å². The maximum absolute atomic E-state index is 3.90. The first-order valence-electron chi connectivity index (χ1n) is 7.11. The fraction of sp³-hybridized carbons (Fsp3) is 0.263. The Hall–Kier alpha value is -1.86. The summed E-state index contributed by atoms with van der Waals surface area (Å²) in [6.07, 6.45) is 2.89. The Bertz CT molecular complexity index is 542. The van der Waals surface area contributed by atoms with Gasteiger partial charge in [0.15, 0.2) is 0 Å². The molecule has 0 saturated heterocycles. The molecule has 1 atom stereocenters. The predicted octanol–water partition coefficient (Wildman–Crippen LogP) is 4.58. The van der Waals surface area contributed by atoms with Crippen molar-refractivity contribution in [3.63, 3.8) is 0 Å². The highest BCUT2D eigenvalue weighted by Crippen LogP contribution is 2.26. The molecule has 0 aliphatic carbocycles. The van der Waals surface area contributed by atoms with Crippen LogP contribution in [0.4, 0.5) is 0 Å². The summed E-state index contributed by atoms with van der Waals surface area (Å²) in [4.78, 5) is 0. The lowest BCUT2D eigenvalue weighted by atomic mass is 9.88. The summed E-state index contributed by atoms with van der Waals surface area (Å²) in [5.74, 6) is 0. The van der Waals surface area contributed by atoms with Gasteiger partial charge < -0.3 is 5.32 Å². The van der Waals surface area contributed by atoms with E-state index in [2.05, 4.69) is 74.3 Å². The number of benzene rings is 2. The second-order valence-electron chi connectivity index (χ2n) is 5.53. The molecule has 1 nitrogen and oxygen atoms in total. The molecule has 0 aromatic heterocycles. The Labute approximate surface area is 122 Å². The molecule has 2 rings (SSSR count). The summed E-state index contributed by atoms with van der Waals surface area (Å²) in [6.45, 7) is 9.12. The van der Waals surface area contributed by atoms with E-state index in [1.807, 2.05) is 12.1 Å². The SMILES string of the molecule is C=CC[C@](C)(NCc1ccccc1)c1ccc(C)cc1. The molecule has 0 aliphatic rings. The molecule has 0 saturated carbocycles. The fourth-order valence-electron chi connectivity index (χ4n) is 2.40. The van der Waals surface area contributed by atoms with Gasteiger partial charge in [-0.1, -0.05) is 66.2 Å². The van der Waals surface area contributed by atoms with E-state index in [1.54, 1.807) is 0 Å². The molecular formula is C19H23N. The highest BCUT2D eigenvalue weighted by molar-refractivity contribution is 5.28. The Morgan fingerprint density at radius 3 is 2.30 bits per heavy atom. The van der Waals surface area contributed by atoms with Crippen molar-refractivity contribution in [2.75, 3.05) is 0 Å². The van der Waals surface area contributed by atoms with Gasteiger partial charge in [-0.25, -0.2) is 0 Å². The number of hydrogen-bond donors (Lipinski definition) is 1. The molecule has 2 aromatic rings. The summed E-state index contributed by atoms with van der Waals surface area (Å²) in [5, 5.41) is 3.68. The molecular weight excluding hydrogens is 242 g/mol. The summed E-state index contributed by atoms with van der Waals surface area (Å²) in [7, 11) is 0. The maximum Gasteiger partial charge on any atom is 0.0443 e. The molecule has 0 unspecified atom stereocenters. The van der Waals surface area contributed by atoms with E-state index in [4.69, 9.17) is 0 Å². The average molecular weight is 265 g/mol. The van der Waals surface area contributed by atoms with Gasteiger partial charge >= 0.3 is 0 Å². The Kier molecular flexibility index (Phi) is 4.75. The van der Waals surface area contributed by atoms with E-state index in [-0.39, 0.29) is 5.54 Å². The van der Waals surface area contributed by atoms with E-state index < -0.39 is 0 Å². The van der Waals surface area contributed by atoms with Crippen LogP contribution >= 0.6 is 0 Å². The molecule has 1 heteroatoms. The Balaban J connectivity index is 2.16. The van der Waals surface area contributed by atoms with Crippen molar-refractivity contribution >= 4 is 0 Å². The average Bonchev–Trinajstić information content (AvgIpc) is 2.47. The van der Waals surface area contributed by atoms with Crippen molar-refractivity contribution < 1.29 is 0 Å². The molecule has 0 amide bonds. The van der Waals surface area contributed by atoms with Crippen molar-refractivity contribution in [3.8, 4) is 0 Å². The van der Waals surface area contributed by atoms with Crippen molar-refractivity contribution in [1.82, 2.24) is 5.32 Å². The van der Waals surface area contributed by atoms with Crippen molar-refractivity contribution in [1.29, 1.82) is 0 Å². The zero-order valence-corrected chi connectivity index (χ0v) is 12.4. The fourth-order valence-corrected chi connectivity index (χ4v) is 2.40. The molecule has 2 aromatic carbocycles. The van der Waals surface area contributed by atoms with Gasteiger partial charge in [0.2, 0.25) is 0 Å². The summed E-state index contributed by atoms with van der Waals surface area (Å²) >= 11 is 0. The van der Waals surface area contributed by atoms with Crippen LogP contribution in [0.1, 0.15) is 30.0 Å². The smallest absolute Gasteiger partial charge is 0.0443 e. The molecule has 0 heterocycles. The monoisotopic (exact) mass is 265 g/mol. The third-order valence-electron chi connectivity index (χ3n) is 3.77. The zero-order valence-electron chi connectivity index (χ0n) is 12.4. The minimum Gasteiger partial charge on any atom is -0.303 e. The molecule has 0 radical (unpaired) electrons. The van der Waals surface area contributed by atoms with Gasteiger partial charge in [0.05, 0.1) is 0 Å². The highest BCUT2D eigenvalue weighted by atomic mass is 15.0. The predicted molar refractivity (Wildman–Crippen MR) is 86.6 cm³/mol. The van der Waals surface area contributed by atoms with Gasteiger partial charge in [-0.3, -0.25) is 0 Å². The van der Waals surface area contributed by atoms with Crippen molar-refractivity contribution in [2.24, 2.45) is 0 Å². The van der Waals surface area contributed by atoms with Crippen LogP contribution in [-0.2, 0) is 12.1 Å². The second kappa shape index (κ2) is 6.53. The van der Waals surface area contributed by atoms with Crippen LogP contribution < -0.4 is 5.32 Å². The Morgan fingerprint density at radius 2 is 1.70 bits per heavy atom. The van der Waals surface area contributed by atoms with E-state index >= 15 is 0 Å².